The third-order valence-electron chi connectivity index (χ3n) is 8.19. The van der Waals surface area contributed by atoms with E-state index in [1.807, 2.05) is 43.9 Å². The van der Waals surface area contributed by atoms with Crippen LogP contribution in [0.4, 0.5) is 16.0 Å². The van der Waals surface area contributed by atoms with Crippen LogP contribution >= 0.6 is 0 Å². The van der Waals surface area contributed by atoms with Crippen LogP contribution in [0, 0.1) is 25.1 Å². The Morgan fingerprint density at radius 3 is 2.59 bits per heavy atom. The second-order valence-corrected chi connectivity index (χ2v) is 10.8. The first-order valence-corrected chi connectivity index (χ1v) is 13.4. The first kappa shape index (κ1) is 25.1. The third-order valence-corrected chi connectivity index (χ3v) is 8.19. The molecule has 1 aliphatic heterocycles. The number of halogens is 1. The van der Waals surface area contributed by atoms with Crippen molar-refractivity contribution in [1.29, 1.82) is 0 Å². The van der Waals surface area contributed by atoms with Gasteiger partial charge in [0, 0.05) is 42.2 Å². The Bertz CT molecular complexity index is 1490. The number of hydrogen-bond acceptors (Lipinski definition) is 7. The van der Waals surface area contributed by atoms with Crippen molar-refractivity contribution in [3.05, 3.63) is 71.4 Å². The zero-order chi connectivity index (χ0) is 27.1. The highest BCUT2D eigenvalue weighted by Gasteiger charge is 2.49. The molecule has 4 aromatic rings. The van der Waals surface area contributed by atoms with Gasteiger partial charge < -0.3 is 10.2 Å². The predicted molar refractivity (Wildman–Crippen MR) is 143 cm³/mol. The van der Waals surface area contributed by atoms with E-state index in [1.165, 1.54) is 10.9 Å². The minimum atomic E-state index is -0.410. The smallest absolute Gasteiger partial charge is 0.229 e. The molecule has 11 heteroatoms. The molecule has 0 radical (unpaired) electrons. The van der Waals surface area contributed by atoms with Crippen LogP contribution in [0.3, 0.4) is 0 Å². The van der Waals surface area contributed by atoms with Crippen LogP contribution in [0.1, 0.15) is 73.8 Å². The van der Waals surface area contributed by atoms with E-state index < -0.39 is 5.82 Å². The second-order valence-electron chi connectivity index (χ2n) is 10.8. The first-order valence-electron chi connectivity index (χ1n) is 13.4. The fraction of sp³-hybridized carbons (Fsp3) is 0.429. The van der Waals surface area contributed by atoms with Crippen LogP contribution in [-0.2, 0) is 4.79 Å². The van der Waals surface area contributed by atoms with Crippen LogP contribution < -0.4 is 5.32 Å². The van der Waals surface area contributed by atoms with Gasteiger partial charge in [-0.2, -0.15) is 10.2 Å². The molecule has 39 heavy (non-hydrogen) atoms. The topological polar surface area (TPSA) is 118 Å². The standard InChI is InChI=1S/C28H32FN9O/c1-17-12-23(33-24-13-18(2)35-36-24)34-26(32-17)20-6-8-28(9-7-20)10-11-37(27(28)39)19(3)21-4-5-25(30-14-21)38-16-22(29)15-31-38/h4-5,12-16,19-20H,6-11H2,1-3H3,(H2,32,33,34,35,36)/t19-,20?,28?/m0/s1. The molecule has 4 aromatic heterocycles. The molecule has 1 saturated carbocycles. The molecule has 1 saturated heterocycles. The minimum absolute atomic E-state index is 0.0927. The zero-order valence-corrected chi connectivity index (χ0v) is 22.4. The molecular formula is C28H32FN9O. The molecule has 0 aromatic carbocycles. The van der Waals surface area contributed by atoms with E-state index >= 15 is 0 Å². The fourth-order valence-electron chi connectivity index (χ4n) is 5.95. The fourth-order valence-corrected chi connectivity index (χ4v) is 5.95. The highest BCUT2D eigenvalue weighted by Crippen LogP contribution is 2.50. The van der Waals surface area contributed by atoms with E-state index in [0.29, 0.717) is 5.82 Å². The molecule has 1 spiro atoms. The summed E-state index contributed by atoms with van der Waals surface area (Å²) in [6, 6.07) is 7.51. The Hall–Kier alpha value is -4.15. The molecule has 2 N–H and O–H groups in total. The third kappa shape index (κ3) is 4.88. The van der Waals surface area contributed by atoms with Gasteiger partial charge >= 0.3 is 0 Å². The number of likely N-dealkylation sites (tertiary alicyclic amines) is 1. The SMILES string of the molecule is Cc1cc(Nc2cc(C)[nH]n2)nc(C2CCC3(CC2)CCN([C@@H](C)c2ccc(-n4cc(F)cn4)nc2)C3=O)n1. The molecule has 2 aliphatic rings. The molecule has 1 aliphatic carbocycles. The Kier molecular flexibility index (Phi) is 6.36. The van der Waals surface area contributed by atoms with Crippen molar-refractivity contribution in [2.24, 2.45) is 5.41 Å². The number of nitrogens with zero attached hydrogens (tertiary/aromatic N) is 7. The number of aryl methyl sites for hydroxylation is 2. The van der Waals surface area contributed by atoms with E-state index in [9.17, 15) is 9.18 Å². The lowest BCUT2D eigenvalue weighted by molar-refractivity contribution is -0.139. The number of pyridine rings is 1. The van der Waals surface area contributed by atoms with Crippen LogP contribution in [0.25, 0.3) is 5.82 Å². The number of anilines is 2. The maximum absolute atomic E-state index is 13.7. The maximum atomic E-state index is 13.7. The molecule has 0 bridgehead atoms. The van der Waals surface area contributed by atoms with Crippen molar-refractivity contribution in [3.63, 3.8) is 0 Å². The van der Waals surface area contributed by atoms with E-state index in [1.54, 1.807) is 12.3 Å². The van der Waals surface area contributed by atoms with Crippen LogP contribution in [-0.4, -0.2) is 52.3 Å². The lowest BCUT2D eigenvalue weighted by Crippen LogP contribution is -2.38. The van der Waals surface area contributed by atoms with Gasteiger partial charge in [0.2, 0.25) is 5.91 Å². The van der Waals surface area contributed by atoms with Crippen LogP contribution in [0.2, 0.25) is 0 Å². The van der Waals surface area contributed by atoms with Gasteiger partial charge in [-0.25, -0.2) is 24.0 Å². The molecule has 5 heterocycles. The summed E-state index contributed by atoms with van der Waals surface area (Å²) < 4.78 is 14.7. The number of rotatable bonds is 6. The minimum Gasteiger partial charge on any atom is -0.335 e. The summed E-state index contributed by atoms with van der Waals surface area (Å²) in [6.07, 6.45) is 8.48. The quantitative estimate of drug-likeness (QED) is 0.364. The van der Waals surface area contributed by atoms with Gasteiger partial charge in [-0.05, 0) is 64.5 Å². The van der Waals surface area contributed by atoms with E-state index in [2.05, 4.69) is 25.6 Å². The van der Waals surface area contributed by atoms with Gasteiger partial charge in [-0.15, -0.1) is 0 Å². The van der Waals surface area contributed by atoms with E-state index in [-0.39, 0.29) is 23.3 Å². The summed E-state index contributed by atoms with van der Waals surface area (Å²) in [5.74, 6) is 2.87. The van der Waals surface area contributed by atoms with Gasteiger partial charge in [-0.1, -0.05) is 6.07 Å². The lowest BCUT2D eigenvalue weighted by Gasteiger charge is -2.36. The molecule has 0 unspecified atom stereocenters. The normalized spacial score (nSPS) is 22.0. The second kappa shape index (κ2) is 9.87. The summed E-state index contributed by atoms with van der Waals surface area (Å²) >= 11 is 0. The highest BCUT2D eigenvalue weighted by atomic mass is 19.1. The average Bonchev–Trinajstić information content (AvgIpc) is 3.63. The summed E-state index contributed by atoms with van der Waals surface area (Å²) in [4.78, 5) is 29.7. The van der Waals surface area contributed by atoms with Crippen molar-refractivity contribution in [2.45, 2.75) is 64.8 Å². The first-order chi connectivity index (χ1) is 18.8. The molecule has 202 valence electrons. The van der Waals surface area contributed by atoms with E-state index in [0.717, 1.165) is 79.3 Å². The number of aromatic nitrogens is 7. The Labute approximate surface area is 226 Å². The number of nitrogens with one attached hydrogen (secondary N) is 2. The Balaban J connectivity index is 1.11. The van der Waals surface area contributed by atoms with Crippen LogP contribution in [0.5, 0.6) is 0 Å². The Morgan fingerprint density at radius 1 is 1.10 bits per heavy atom. The summed E-state index contributed by atoms with van der Waals surface area (Å²) in [6.45, 7) is 6.71. The van der Waals surface area contributed by atoms with Gasteiger partial charge in [0.15, 0.2) is 17.5 Å². The van der Waals surface area contributed by atoms with Gasteiger partial charge in [0.1, 0.15) is 11.6 Å². The monoisotopic (exact) mass is 529 g/mol. The summed E-state index contributed by atoms with van der Waals surface area (Å²) in [5, 5.41) is 14.4. The summed E-state index contributed by atoms with van der Waals surface area (Å²) in [5.41, 5.74) is 2.52. The number of carbonyl (C=O) groups is 1. The van der Waals surface area contributed by atoms with Crippen molar-refractivity contribution >= 4 is 17.5 Å². The number of H-pyrrole nitrogens is 1. The van der Waals surface area contributed by atoms with Crippen molar-refractivity contribution in [2.75, 3.05) is 11.9 Å². The Morgan fingerprint density at radius 2 is 1.92 bits per heavy atom. The van der Waals surface area contributed by atoms with Crippen LogP contribution in [0.15, 0.2) is 42.9 Å². The van der Waals surface area contributed by atoms with Gasteiger partial charge in [0.05, 0.1) is 23.9 Å². The predicted octanol–water partition coefficient (Wildman–Crippen LogP) is 4.92. The number of carbonyl (C=O) groups excluding carboxylic acids is 1. The molecular weight excluding hydrogens is 497 g/mol. The highest BCUT2D eigenvalue weighted by molar-refractivity contribution is 5.85. The van der Waals surface area contributed by atoms with Gasteiger partial charge in [-0.3, -0.25) is 9.89 Å². The largest absolute Gasteiger partial charge is 0.335 e. The summed E-state index contributed by atoms with van der Waals surface area (Å²) in [7, 11) is 0. The van der Waals surface area contributed by atoms with Gasteiger partial charge in [0.25, 0.3) is 0 Å². The average molecular weight is 530 g/mol. The molecule has 2 fully saturated rings. The van der Waals surface area contributed by atoms with Crippen molar-refractivity contribution in [1.82, 2.24) is 39.8 Å². The molecule has 1 atom stereocenters. The van der Waals surface area contributed by atoms with Crippen molar-refractivity contribution in [3.8, 4) is 5.82 Å². The number of amides is 1. The van der Waals surface area contributed by atoms with E-state index in [4.69, 9.17) is 9.97 Å². The zero-order valence-electron chi connectivity index (χ0n) is 22.4. The number of hydrogen-bond donors (Lipinski definition) is 2. The molecule has 10 nitrogen and oxygen atoms in total. The molecule has 6 rings (SSSR count). The lowest BCUT2D eigenvalue weighted by atomic mass is 9.69. The molecule has 1 amide bonds. The van der Waals surface area contributed by atoms with Crippen molar-refractivity contribution < 1.29 is 9.18 Å². The maximum Gasteiger partial charge on any atom is 0.229 e. The number of aromatic amines is 1.